The van der Waals surface area contributed by atoms with Crippen LogP contribution >= 0.6 is 0 Å². The normalized spacial score (nSPS) is 15.8. The van der Waals surface area contributed by atoms with Gasteiger partial charge in [-0.05, 0) is 30.7 Å². The number of rotatable bonds is 1. The molecule has 3 rings (SSSR count). The molecule has 0 saturated heterocycles. The van der Waals surface area contributed by atoms with Crippen molar-refractivity contribution in [2.45, 2.75) is 12.8 Å². The van der Waals surface area contributed by atoms with Crippen LogP contribution in [-0.4, -0.2) is 25.2 Å². The van der Waals surface area contributed by atoms with Crippen molar-refractivity contribution >= 4 is 10.9 Å². The molecular formula is C13H16N2O. The third kappa shape index (κ3) is 1.39. The molecule has 16 heavy (non-hydrogen) atoms. The molecule has 1 aromatic carbocycles. The minimum Gasteiger partial charge on any atom is -0.496 e. The summed E-state index contributed by atoms with van der Waals surface area (Å²) in [4.78, 5) is 3.51. The van der Waals surface area contributed by atoms with E-state index < -0.39 is 0 Å². The fraction of sp³-hybridized carbons (Fsp3) is 0.385. The summed E-state index contributed by atoms with van der Waals surface area (Å²) in [5, 5.41) is 4.69. The largest absolute Gasteiger partial charge is 0.496 e. The average molecular weight is 216 g/mol. The van der Waals surface area contributed by atoms with Gasteiger partial charge in [-0.2, -0.15) is 0 Å². The van der Waals surface area contributed by atoms with Crippen molar-refractivity contribution in [3.63, 3.8) is 0 Å². The fourth-order valence-electron chi connectivity index (χ4n) is 2.55. The first-order chi connectivity index (χ1) is 7.90. The number of nitrogens with one attached hydrogen (secondary N) is 2. The van der Waals surface area contributed by atoms with Crippen molar-refractivity contribution in [1.82, 2.24) is 10.3 Å². The van der Waals surface area contributed by atoms with E-state index in [-0.39, 0.29) is 0 Å². The zero-order valence-corrected chi connectivity index (χ0v) is 9.47. The standard InChI is InChI=1S/C13H16N2O/c1-16-12-4-2-3-11-13(12)9-5-7-14-8-6-10(9)15-11/h2-4,14-15H,5-8H2,1H3. The van der Waals surface area contributed by atoms with Gasteiger partial charge in [-0.25, -0.2) is 0 Å². The minimum atomic E-state index is 0.983. The van der Waals surface area contributed by atoms with Gasteiger partial charge in [0.05, 0.1) is 7.11 Å². The van der Waals surface area contributed by atoms with Crippen molar-refractivity contribution in [1.29, 1.82) is 0 Å². The van der Waals surface area contributed by atoms with Crippen molar-refractivity contribution in [3.05, 3.63) is 29.5 Å². The van der Waals surface area contributed by atoms with Gasteiger partial charge in [0.2, 0.25) is 0 Å². The lowest BCUT2D eigenvalue weighted by atomic mass is 10.1. The lowest BCUT2D eigenvalue weighted by Crippen LogP contribution is -2.16. The number of H-pyrrole nitrogens is 1. The Kier molecular flexibility index (Phi) is 2.33. The predicted molar refractivity (Wildman–Crippen MR) is 65.1 cm³/mol. The van der Waals surface area contributed by atoms with Gasteiger partial charge in [0.1, 0.15) is 5.75 Å². The maximum absolute atomic E-state index is 5.45. The van der Waals surface area contributed by atoms with Gasteiger partial charge in [-0.1, -0.05) is 6.07 Å². The zero-order valence-electron chi connectivity index (χ0n) is 9.47. The first kappa shape index (κ1) is 9.73. The van der Waals surface area contributed by atoms with Gasteiger partial charge in [-0.15, -0.1) is 0 Å². The summed E-state index contributed by atoms with van der Waals surface area (Å²) < 4.78 is 5.45. The number of hydrogen-bond donors (Lipinski definition) is 2. The Morgan fingerprint density at radius 3 is 2.94 bits per heavy atom. The molecule has 0 radical (unpaired) electrons. The maximum atomic E-state index is 5.45. The number of aromatic nitrogens is 1. The molecule has 2 aromatic rings. The number of hydrogen-bond acceptors (Lipinski definition) is 2. The van der Waals surface area contributed by atoms with Crippen molar-refractivity contribution in [2.75, 3.05) is 20.2 Å². The number of fused-ring (bicyclic) bond motifs is 3. The topological polar surface area (TPSA) is 37.0 Å². The molecule has 0 spiro atoms. The Morgan fingerprint density at radius 2 is 2.06 bits per heavy atom. The highest BCUT2D eigenvalue weighted by Gasteiger charge is 2.16. The molecule has 0 unspecified atom stereocenters. The van der Waals surface area contributed by atoms with Crippen molar-refractivity contribution in [3.8, 4) is 5.75 Å². The van der Waals surface area contributed by atoms with Crippen LogP contribution in [0.2, 0.25) is 0 Å². The summed E-state index contributed by atoms with van der Waals surface area (Å²) in [7, 11) is 1.74. The molecule has 0 fully saturated rings. The highest BCUT2D eigenvalue weighted by molar-refractivity contribution is 5.90. The lowest BCUT2D eigenvalue weighted by Gasteiger charge is -2.04. The first-order valence-electron chi connectivity index (χ1n) is 5.77. The summed E-state index contributed by atoms with van der Waals surface area (Å²) in [6, 6.07) is 6.20. The average Bonchev–Trinajstić information content (AvgIpc) is 2.52. The predicted octanol–water partition coefficient (Wildman–Crippen LogP) is 1.86. The molecule has 2 N–H and O–H groups in total. The second-order valence-electron chi connectivity index (χ2n) is 4.21. The molecule has 1 aliphatic heterocycles. The molecular weight excluding hydrogens is 200 g/mol. The van der Waals surface area contributed by atoms with Crippen LogP contribution in [0.25, 0.3) is 10.9 Å². The van der Waals surface area contributed by atoms with E-state index in [0.717, 1.165) is 31.7 Å². The zero-order chi connectivity index (χ0) is 11.0. The number of methoxy groups -OCH3 is 1. The van der Waals surface area contributed by atoms with E-state index in [2.05, 4.69) is 16.4 Å². The van der Waals surface area contributed by atoms with Crippen molar-refractivity contribution < 1.29 is 4.74 Å². The monoisotopic (exact) mass is 216 g/mol. The second kappa shape index (κ2) is 3.83. The molecule has 0 saturated carbocycles. The SMILES string of the molecule is COc1cccc2[nH]c3c(c12)CCNCC3. The van der Waals surface area contributed by atoms with Gasteiger partial charge in [0, 0.05) is 29.6 Å². The van der Waals surface area contributed by atoms with Gasteiger partial charge in [-0.3, -0.25) is 0 Å². The first-order valence-corrected chi connectivity index (χ1v) is 5.77. The van der Waals surface area contributed by atoms with Gasteiger partial charge in [0.25, 0.3) is 0 Å². The van der Waals surface area contributed by atoms with E-state index in [1.165, 1.54) is 22.2 Å². The highest BCUT2D eigenvalue weighted by atomic mass is 16.5. The second-order valence-corrected chi connectivity index (χ2v) is 4.21. The molecule has 84 valence electrons. The van der Waals surface area contributed by atoms with Crippen LogP contribution in [0, 0.1) is 0 Å². The van der Waals surface area contributed by atoms with Gasteiger partial charge in [0.15, 0.2) is 0 Å². The van der Waals surface area contributed by atoms with Crippen LogP contribution in [0.5, 0.6) is 5.75 Å². The molecule has 3 heteroatoms. The summed E-state index contributed by atoms with van der Waals surface area (Å²) in [5.41, 5.74) is 3.99. The molecule has 1 aromatic heterocycles. The molecule has 0 aliphatic carbocycles. The summed E-state index contributed by atoms with van der Waals surface area (Å²) in [6.45, 7) is 2.11. The molecule has 1 aliphatic rings. The molecule has 0 amide bonds. The van der Waals surface area contributed by atoms with E-state index >= 15 is 0 Å². The summed E-state index contributed by atoms with van der Waals surface area (Å²) in [5.74, 6) is 0.983. The van der Waals surface area contributed by atoms with Crippen LogP contribution in [0.3, 0.4) is 0 Å². The Labute approximate surface area is 94.8 Å². The smallest absolute Gasteiger partial charge is 0.128 e. The Morgan fingerprint density at radius 1 is 1.19 bits per heavy atom. The van der Waals surface area contributed by atoms with E-state index in [9.17, 15) is 0 Å². The highest BCUT2D eigenvalue weighted by Crippen LogP contribution is 2.32. The number of benzene rings is 1. The van der Waals surface area contributed by atoms with E-state index in [1.807, 2.05) is 12.1 Å². The van der Waals surface area contributed by atoms with E-state index in [0.29, 0.717) is 0 Å². The fourth-order valence-corrected chi connectivity index (χ4v) is 2.55. The van der Waals surface area contributed by atoms with Crippen molar-refractivity contribution in [2.24, 2.45) is 0 Å². The quantitative estimate of drug-likeness (QED) is 0.763. The summed E-state index contributed by atoms with van der Waals surface area (Å²) >= 11 is 0. The third-order valence-electron chi connectivity index (χ3n) is 3.30. The minimum absolute atomic E-state index is 0.983. The van der Waals surface area contributed by atoms with Crippen LogP contribution in [0.15, 0.2) is 18.2 Å². The molecule has 3 nitrogen and oxygen atoms in total. The van der Waals surface area contributed by atoms with Crippen LogP contribution in [0.4, 0.5) is 0 Å². The molecule has 0 atom stereocenters. The van der Waals surface area contributed by atoms with Crippen LogP contribution in [0.1, 0.15) is 11.3 Å². The van der Waals surface area contributed by atoms with E-state index in [4.69, 9.17) is 4.74 Å². The van der Waals surface area contributed by atoms with Gasteiger partial charge >= 0.3 is 0 Å². The van der Waals surface area contributed by atoms with Crippen LogP contribution < -0.4 is 10.1 Å². The number of ether oxygens (including phenoxy) is 1. The van der Waals surface area contributed by atoms with Gasteiger partial charge < -0.3 is 15.0 Å². The number of aromatic amines is 1. The molecule has 2 heterocycles. The maximum Gasteiger partial charge on any atom is 0.128 e. The Hall–Kier alpha value is -1.48. The lowest BCUT2D eigenvalue weighted by molar-refractivity contribution is 0.419. The summed E-state index contributed by atoms with van der Waals surface area (Å²) in [6.07, 6.45) is 2.16. The van der Waals surface area contributed by atoms with Crippen LogP contribution in [-0.2, 0) is 12.8 Å². The third-order valence-corrected chi connectivity index (χ3v) is 3.30. The van der Waals surface area contributed by atoms with E-state index in [1.54, 1.807) is 7.11 Å². The Bertz CT molecular complexity index is 516. The molecule has 0 bridgehead atoms. The Balaban J connectivity index is 2.27.